The van der Waals surface area contributed by atoms with Crippen molar-refractivity contribution in [2.75, 3.05) is 27.2 Å². The maximum Gasteiger partial charge on any atom is 0.410 e. The smallest absolute Gasteiger partial charge is 0.410 e. The van der Waals surface area contributed by atoms with Crippen LogP contribution in [0.15, 0.2) is 5.10 Å². The molecule has 0 saturated heterocycles. The molecule has 0 aromatic rings. The maximum absolute atomic E-state index is 12.0. The van der Waals surface area contributed by atoms with Gasteiger partial charge in [-0.1, -0.05) is 0 Å². The molecule has 1 aliphatic heterocycles. The van der Waals surface area contributed by atoms with Gasteiger partial charge in [0.2, 0.25) is 5.91 Å². The zero-order valence-corrected chi connectivity index (χ0v) is 15.3. The summed E-state index contributed by atoms with van der Waals surface area (Å²) < 4.78 is 10.6. The number of hydrogen-bond acceptors (Lipinski definition) is 5. The first-order valence-corrected chi connectivity index (χ1v) is 7.79. The summed E-state index contributed by atoms with van der Waals surface area (Å²) in [5.41, 5.74) is -0.180. The molecule has 7 heteroatoms. The Morgan fingerprint density at radius 1 is 1.30 bits per heavy atom. The van der Waals surface area contributed by atoms with Crippen molar-refractivity contribution in [3.63, 3.8) is 0 Å². The zero-order valence-electron chi connectivity index (χ0n) is 15.3. The molecular formula is C16H29N3O4. The molecule has 0 aliphatic carbocycles. The molecule has 0 atom stereocenters. The molecule has 0 N–H and O–H groups in total. The molecule has 0 unspecified atom stereocenters. The lowest BCUT2D eigenvalue weighted by Gasteiger charge is -2.24. The number of rotatable bonds is 6. The minimum absolute atomic E-state index is 0.0514. The highest BCUT2D eigenvalue weighted by Crippen LogP contribution is 2.17. The summed E-state index contributed by atoms with van der Waals surface area (Å²) >= 11 is 0. The van der Waals surface area contributed by atoms with Crippen molar-refractivity contribution in [3.05, 3.63) is 0 Å². The van der Waals surface area contributed by atoms with Crippen molar-refractivity contribution in [3.8, 4) is 0 Å². The van der Waals surface area contributed by atoms with E-state index in [9.17, 15) is 9.59 Å². The zero-order chi connectivity index (χ0) is 17.8. The van der Waals surface area contributed by atoms with E-state index < -0.39 is 11.7 Å². The van der Waals surface area contributed by atoms with Crippen molar-refractivity contribution in [1.29, 1.82) is 0 Å². The largest absolute Gasteiger partial charge is 0.444 e. The third-order valence-electron chi connectivity index (χ3n) is 3.51. The van der Waals surface area contributed by atoms with Crippen LogP contribution >= 0.6 is 0 Å². The van der Waals surface area contributed by atoms with Crippen LogP contribution in [0, 0.1) is 0 Å². The van der Waals surface area contributed by atoms with Gasteiger partial charge in [-0.25, -0.2) is 9.80 Å². The van der Waals surface area contributed by atoms with E-state index >= 15 is 0 Å². The Hall–Kier alpha value is -1.63. The Labute approximate surface area is 138 Å². The maximum atomic E-state index is 12.0. The van der Waals surface area contributed by atoms with Crippen LogP contribution in [0.3, 0.4) is 0 Å². The summed E-state index contributed by atoms with van der Waals surface area (Å²) in [6.07, 6.45) is 0.501. The second-order valence-corrected chi connectivity index (χ2v) is 7.41. The first kappa shape index (κ1) is 19.4. The van der Waals surface area contributed by atoms with Gasteiger partial charge in [0.1, 0.15) is 5.60 Å². The number of carbonyl (C=O) groups excluding carboxylic acids is 2. The monoisotopic (exact) mass is 327 g/mol. The number of carbonyl (C=O) groups is 2. The summed E-state index contributed by atoms with van der Waals surface area (Å²) in [5, 5.41) is 5.78. The Morgan fingerprint density at radius 2 is 1.91 bits per heavy atom. The van der Waals surface area contributed by atoms with E-state index in [2.05, 4.69) is 5.10 Å². The molecule has 1 rings (SSSR count). The van der Waals surface area contributed by atoms with Crippen LogP contribution in [-0.4, -0.2) is 66.1 Å². The van der Waals surface area contributed by atoms with E-state index in [1.54, 1.807) is 14.2 Å². The summed E-state index contributed by atoms with van der Waals surface area (Å²) in [7, 11) is 3.29. The van der Waals surface area contributed by atoms with E-state index in [1.807, 2.05) is 34.6 Å². The Morgan fingerprint density at radius 3 is 2.43 bits per heavy atom. The molecule has 0 aromatic heterocycles. The summed E-state index contributed by atoms with van der Waals surface area (Å²) in [5.74, 6) is -0.0514. The second-order valence-electron chi connectivity index (χ2n) is 7.41. The average molecular weight is 327 g/mol. The molecule has 2 amide bonds. The summed E-state index contributed by atoms with van der Waals surface area (Å²) in [6, 6.07) is 0. The molecule has 0 fully saturated rings. The normalized spacial score (nSPS) is 15.7. The highest BCUT2D eigenvalue weighted by molar-refractivity contribution is 6.06. The highest BCUT2D eigenvalue weighted by Gasteiger charge is 2.28. The van der Waals surface area contributed by atoms with Crippen LogP contribution in [-0.2, 0) is 14.3 Å². The topological polar surface area (TPSA) is 71.4 Å². The fourth-order valence-electron chi connectivity index (χ4n) is 1.95. The minimum Gasteiger partial charge on any atom is -0.444 e. The number of methoxy groups -OCH3 is 1. The van der Waals surface area contributed by atoms with Gasteiger partial charge in [-0.2, -0.15) is 5.10 Å². The molecule has 0 spiro atoms. The van der Waals surface area contributed by atoms with Gasteiger partial charge in [0.25, 0.3) is 0 Å². The van der Waals surface area contributed by atoms with E-state index in [0.29, 0.717) is 18.7 Å². The number of amides is 2. The van der Waals surface area contributed by atoms with Gasteiger partial charge >= 0.3 is 6.09 Å². The predicted octanol–water partition coefficient (Wildman–Crippen LogP) is 2.26. The fraction of sp³-hybridized carbons (Fsp3) is 0.812. The molecule has 0 aromatic carbocycles. The second kappa shape index (κ2) is 7.29. The average Bonchev–Trinajstić information content (AvgIpc) is 2.74. The van der Waals surface area contributed by atoms with E-state index in [-0.39, 0.29) is 24.5 Å². The molecule has 23 heavy (non-hydrogen) atoms. The first-order chi connectivity index (χ1) is 10.4. The van der Waals surface area contributed by atoms with Crippen LogP contribution in [0.5, 0.6) is 0 Å². The van der Waals surface area contributed by atoms with E-state index in [4.69, 9.17) is 9.47 Å². The summed E-state index contributed by atoms with van der Waals surface area (Å²) in [4.78, 5) is 25.4. The van der Waals surface area contributed by atoms with Gasteiger partial charge in [0, 0.05) is 20.7 Å². The number of hydrogen-bond donors (Lipinski definition) is 0. The predicted molar refractivity (Wildman–Crippen MR) is 88.3 cm³/mol. The van der Waals surface area contributed by atoms with E-state index in [0.717, 1.165) is 0 Å². The molecule has 0 radical (unpaired) electrons. The molecule has 1 heterocycles. The van der Waals surface area contributed by atoms with Crippen molar-refractivity contribution >= 4 is 17.7 Å². The number of hydrazone groups is 1. The van der Waals surface area contributed by atoms with E-state index in [1.165, 1.54) is 9.91 Å². The summed E-state index contributed by atoms with van der Waals surface area (Å²) in [6.45, 7) is 10.2. The van der Waals surface area contributed by atoms with Crippen LogP contribution in [0.25, 0.3) is 0 Å². The Bertz CT molecular complexity index is 480. The van der Waals surface area contributed by atoms with Gasteiger partial charge in [0.05, 0.1) is 24.3 Å². The van der Waals surface area contributed by atoms with Gasteiger partial charge in [-0.15, -0.1) is 0 Å². The fourth-order valence-corrected chi connectivity index (χ4v) is 1.95. The quantitative estimate of drug-likeness (QED) is 0.750. The SMILES string of the molecule is COC(C)(C)CCN1N=C(CN(C)C(=O)OC(C)(C)C)CC1=O. The number of ether oxygens (including phenoxy) is 2. The van der Waals surface area contributed by atoms with Gasteiger partial charge in [-0.05, 0) is 41.0 Å². The van der Waals surface area contributed by atoms with Crippen LogP contribution < -0.4 is 0 Å². The Kier molecular flexibility index (Phi) is 6.16. The van der Waals surface area contributed by atoms with Crippen molar-refractivity contribution < 1.29 is 19.1 Å². The van der Waals surface area contributed by atoms with Gasteiger partial charge < -0.3 is 14.4 Å². The van der Waals surface area contributed by atoms with Crippen LogP contribution in [0.4, 0.5) is 4.79 Å². The molecule has 0 saturated carbocycles. The molecule has 7 nitrogen and oxygen atoms in total. The molecular weight excluding hydrogens is 298 g/mol. The van der Waals surface area contributed by atoms with Crippen molar-refractivity contribution in [2.45, 2.75) is 58.7 Å². The van der Waals surface area contributed by atoms with Crippen molar-refractivity contribution in [1.82, 2.24) is 9.91 Å². The lowest BCUT2D eigenvalue weighted by Crippen LogP contribution is -2.37. The van der Waals surface area contributed by atoms with Crippen LogP contribution in [0.1, 0.15) is 47.5 Å². The molecule has 0 bridgehead atoms. The van der Waals surface area contributed by atoms with Crippen LogP contribution in [0.2, 0.25) is 0 Å². The standard InChI is InChI=1S/C16H29N3O4/c1-15(2,3)23-14(21)18(6)11-12-10-13(20)19(17-12)9-8-16(4,5)22-7/h8-11H2,1-7H3. The Balaban J connectivity index is 2.56. The molecule has 132 valence electrons. The molecule has 1 aliphatic rings. The minimum atomic E-state index is -0.545. The van der Waals surface area contributed by atoms with Gasteiger partial charge in [-0.3, -0.25) is 4.79 Å². The number of nitrogens with zero attached hydrogens (tertiary/aromatic N) is 3. The third-order valence-corrected chi connectivity index (χ3v) is 3.51. The van der Waals surface area contributed by atoms with Crippen molar-refractivity contribution in [2.24, 2.45) is 5.10 Å². The third kappa shape index (κ3) is 6.56. The highest BCUT2D eigenvalue weighted by atomic mass is 16.6. The lowest BCUT2D eigenvalue weighted by atomic mass is 10.1. The first-order valence-electron chi connectivity index (χ1n) is 7.79. The lowest BCUT2D eigenvalue weighted by molar-refractivity contribution is -0.129. The van der Waals surface area contributed by atoms with Gasteiger partial charge in [0.15, 0.2) is 0 Å².